The number of aromatic amines is 1. The lowest BCUT2D eigenvalue weighted by molar-refractivity contribution is -0.125. The predicted octanol–water partition coefficient (Wildman–Crippen LogP) is 1.72. The quantitative estimate of drug-likeness (QED) is 0.821. The fraction of sp³-hybridized carbons (Fsp3) is 0.556. The maximum absolute atomic E-state index is 13.1. The van der Waals surface area contributed by atoms with Crippen LogP contribution in [0.15, 0.2) is 32.3 Å². The molecule has 1 aromatic carbocycles. The largest absolute Gasteiger partial charge is 0.417 e. The zero-order valence-electron chi connectivity index (χ0n) is 14.9. The van der Waals surface area contributed by atoms with E-state index in [1.54, 1.807) is 0 Å². The number of aromatic nitrogens is 1. The van der Waals surface area contributed by atoms with Crippen LogP contribution >= 0.6 is 0 Å². The Bertz CT molecular complexity index is 1000. The standard InChI is InChI=1S/C18H23N3O5S/c22-17(19-12-5-2-1-3-6-12)15-7-4-10-21(15)27(24,25)13-8-9-14-16(11-13)26-18(23)20-14/h8-9,11-12,15H,1-7,10H2,(H,19,22)(H,20,23)/t15-/m0/s1. The van der Waals surface area contributed by atoms with Crippen LogP contribution in [0.5, 0.6) is 0 Å². The molecule has 1 aromatic heterocycles. The van der Waals surface area contributed by atoms with Crippen molar-refractivity contribution in [2.75, 3.05) is 6.54 Å². The molecule has 2 fully saturated rings. The van der Waals surface area contributed by atoms with Crippen LogP contribution in [0.25, 0.3) is 11.1 Å². The van der Waals surface area contributed by atoms with E-state index in [1.165, 1.54) is 28.9 Å². The van der Waals surface area contributed by atoms with Crippen LogP contribution in [0.1, 0.15) is 44.9 Å². The highest BCUT2D eigenvalue weighted by atomic mass is 32.2. The van der Waals surface area contributed by atoms with E-state index in [9.17, 15) is 18.0 Å². The van der Waals surface area contributed by atoms with Crippen LogP contribution in [-0.2, 0) is 14.8 Å². The predicted molar refractivity (Wildman–Crippen MR) is 98.8 cm³/mol. The van der Waals surface area contributed by atoms with Gasteiger partial charge in [0.1, 0.15) is 6.04 Å². The van der Waals surface area contributed by atoms with Crippen molar-refractivity contribution in [2.45, 2.75) is 61.9 Å². The highest BCUT2D eigenvalue weighted by molar-refractivity contribution is 7.89. The second-order valence-corrected chi connectivity index (χ2v) is 9.18. The van der Waals surface area contributed by atoms with Crippen molar-refractivity contribution in [3.8, 4) is 0 Å². The van der Waals surface area contributed by atoms with Crippen LogP contribution in [0.2, 0.25) is 0 Å². The Kier molecular flexibility index (Phi) is 4.81. The van der Waals surface area contributed by atoms with E-state index < -0.39 is 21.8 Å². The molecule has 1 amide bonds. The average Bonchev–Trinajstić information content (AvgIpc) is 3.28. The van der Waals surface area contributed by atoms with Gasteiger partial charge in [-0.3, -0.25) is 9.78 Å². The molecule has 4 rings (SSSR count). The van der Waals surface area contributed by atoms with E-state index in [-0.39, 0.29) is 22.4 Å². The Morgan fingerprint density at radius 3 is 2.70 bits per heavy atom. The molecule has 1 saturated carbocycles. The lowest BCUT2D eigenvalue weighted by atomic mass is 9.95. The summed E-state index contributed by atoms with van der Waals surface area (Å²) in [6.07, 6.45) is 6.44. The summed E-state index contributed by atoms with van der Waals surface area (Å²) >= 11 is 0. The van der Waals surface area contributed by atoms with E-state index in [1.807, 2.05) is 0 Å². The number of nitrogens with zero attached hydrogens (tertiary/aromatic N) is 1. The van der Waals surface area contributed by atoms with Gasteiger partial charge in [0.2, 0.25) is 15.9 Å². The first-order valence-corrected chi connectivity index (χ1v) is 10.8. The summed E-state index contributed by atoms with van der Waals surface area (Å²) in [6.45, 7) is 0.306. The number of oxazole rings is 1. The molecule has 2 aliphatic rings. The molecule has 9 heteroatoms. The number of hydrogen-bond acceptors (Lipinski definition) is 5. The second-order valence-electron chi connectivity index (χ2n) is 7.29. The maximum atomic E-state index is 13.1. The number of hydrogen-bond donors (Lipinski definition) is 2. The number of carbonyl (C=O) groups excluding carboxylic acids is 1. The molecule has 2 heterocycles. The monoisotopic (exact) mass is 393 g/mol. The van der Waals surface area contributed by atoms with E-state index in [4.69, 9.17) is 4.42 Å². The van der Waals surface area contributed by atoms with Gasteiger partial charge in [-0.2, -0.15) is 4.31 Å². The molecule has 2 N–H and O–H groups in total. The Morgan fingerprint density at radius 2 is 1.93 bits per heavy atom. The van der Waals surface area contributed by atoms with Gasteiger partial charge in [-0.05, 0) is 37.8 Å². The Hall–Kier alpha value is -2.13. The first-order valence-electron chi connectivity index (χ1n) is 9.40. The second kappa shape index (κ2) is 7.12. The molecule has 0 unspecified atom stereocenters. The lowest BCUT2D eigenvalue weighted by Crippen LogP contribution is -2.49. The lowest BCUT2D eigenvalue weighted by Gasteiger charge is -2.27. The molecule has 1 saturated heterocycles. The summed E-state index contributed by atoms with van der Waals surface area (Å²) < 4.78 is 32.5. The molecule has 1 aliphatic carbocycles. The molecule has 8 nitrogen and oxygen atoms in total. The minimum absolute atomic E-state index is 0.0233. The van der Waals surface area contributed by atoms with Crippen molar-refractivity contribution in [3.05, 3.63) is 28.7 Å². The van der Waals surface area contributed by atoms with E-state index in [0.717, 1.165) is 25.7 Å². The highest BCUT2D eigenvalue weighted by Gasteiger charge is 2.40. The molecule has 2 aromatic rings. The van der Waals surface area contributed by atoms with Gasteiger partial charge in [0.05, 0.1) is 10.4 Å². The fourth-order valence-electron chi connectivity index (χ4n) is 4.06. The van der Waals surface area contributed by atoms with Gasteiger partial charge in [-0.25, -0.2) is 13.2 Å². The summed E-state index contributed by atoms with van der Waals surface area (Å²) in [5, 5.41) is 3.04. The third-order valence-corrected chi connectivity index (χ3v) is 7.36. The minimum atomic E-state index is -3.86. The fourth-order valence-corrected chi connectivity index (χ4v) is 5.73. The summed E-state index contributed by atoms with van der Waals surface area (Å²) in [6, 6.07) is 3.71. The summed E-state index contributed by atoms with van der Waals surface area (Å²) in [4.78, 5) is 26.5. The van der Waals surface area contributed by atoms with Gasteiger partial charge < -0.3 is 9.73 Å². The molecular weight excluding hydrogens is 370 g/mol. The number of sulfonamides is 1. The van der Waals surface area contributed by atoms with Crippen molar-refractivity contribution >= 4 is 27.0 Å². The Labute approximate surface area is 157 Å². The average molecular weight is 393 g/mol. The zero-order chi connectivity index (χ0) is 19.0. The zero-order valence-corrected chi connectivity index (χ0v) is 15.8. The Morgan fingerprint density at radius 1 is 1.15 bits per heavy atom. The first-order chi connectivity index (χ1) is 12.9. The third kappa shape index (κ3) is 3.53. The summed E-state index contributed by atoms with van der Waals surface area (Å²) in [7, 11) is -3.86. The van der Waals surface area contributed by atoms with Crippen LogP contribution in [-0.4, -0.2) is 42.2 Å². The topological polar surface area (TPSA) is 112 Å². The summed E-state index contributed by atoms with van der Waals surface area (Å²) in [5.41, 5.74) is 0.621. The van der Waals surface area contributed by atoms with Crippen LogP contribution in [0, 0.1) is 0 Å². The SMILES string of the molecule is O=C(NC1CCCCC1)[C@@H]1CCCN1S(=O)(=O)c1ccc2[nH]c(=O)oc2c1. The third-order valence-electron chi connectivity index (χ3n) is 5.46. The molecule has 0 radical (unpaired) electrons. The smallest absolute Gasteiger partial charge is 0.408 e. The van der Waals surface area contributed by atoms with Gasteiger partial charge in [0.25, 0.3) is 0 Å². The van der Waals surface area contributed by atoms with E-state index in [2.05, 4.69) is 10.3 Å². The first kappa shape index (κ1) is 18.2. The number of rotatable bonds is 4. The number of H-pyrrole nitrogens is 1. The molecular formula is C18H23N3O5S. The number of benzene rings is 1. The molecule has 0 spiro atoms. The van der Waals surface area contributed by atoms with Crippen LogP contribution in [0.3, 0.4) is 0 Å². The van der Waals surface area contributed by atoms with Crippen molar-refractivity contribution < 1.29 is 17.6 Å². The number of amides is 1. The molecule has 1 aliphatic heterocycles. The summed E-state index contributed by atoms with van der Waals surface area (Å²) in [5.74, 6) is -0.845. The van der Waals surface area contributed by atoms with Gasteiger partial charge in [0.15, 0.2) is 5.58 Å². The normalized spacial score (nSPS) is 22.3. The molecule has 0 bridgehead atoms. The van der Waals surface area contributed by atoms with Crippen molar-refractivity contribution in [3.63, 3.8) is 0 Å². The highest BCUT2D eigenvalue weighted by Crippen LogP contribution is 2.28. The molecule has 146 valence electrons. The number of carbonyl (C=O) groups is 1. The van der Waals surface area contributed by atoms with Crippen LogP contribution in [0.4, 0.5) is 0 Å². The van der Waals surface area contributed by atoms with Gasteiger partial charge in [0, 0.05) is 18.7 Å². The maximum Gasteiger partial charge on any atom is 0.417 e. The minimum Gasteiger partial charge on any atom is -0.408 e. The molecule has 27 heavy (non-hydrogen) atoms. The van der Waals surface area contributed by atoms with Crippen LogP contribution < -0.4 is 11.1 Å². The number of nitrogens with one attached hydrogen (secondary N) is 2. The van der Waals surface area contributed by atoms with Gasteiger partial charge in [-0.1, -0.05) is 19.3 Å². The number of fused-ring (bicyclic) bond motifs is 1. The van der Waals surface area contributed by atoms with Gasteiger partial charge in [-0.15, -0.1) is 0 Å². The van der Waals surface area contributed by atoms with Gasteiger partial charge >= 0.3 is 5.76 Å². The van der Waals surface area contributed by atoms with Crippen molar-refractivity contribution in [1.29, 1.82) is 0 Å². The molecule has 1 atom stereocenters. The van der Waals surface area contributed by atoms with Crippen molar-refractivity contribution in [1.82, 2.24) is 14.6 Å². The Balaban J connectivity index is 1.57. The van der Waals surface area contributed by atoms with E-state index >= 15 is 0 Å². The van der Waals surface area contributed by atoms with Crippen molar-refractivity contribution in [2.24, 2.45) is 0 Å². The van der Waals surface area contributed by atoms with E-state index in [0.29, 0.717) is 24.9 Å².